The summed E-state index contributed by atoms with van der Waals surface area (Å²) in [4.78, 5) is 17.7. The molecule has 2 atom stereocenters. The second-order valence-electron chi connectivity index (χ2n) is 6.32. The number of anilines is 1. The number of hydrogen-bond donors (Lipinski definition) is 2. The first kappa shape index (κ1) is 15.9. The van der Waals surface area contributed by atoms with Crippen LogP contribution in [0.2, 0.25) is 0 Å². The number of nitrogens with one attached hydrogen (secondary N) is 2. The highest BCUT2D eigenvalue weighted by Gasteiger charge is 2.22. The molecule has 0 saturated carbocycles. The standard InChI is InChI=1S/C16H25N3O2S/c1-11-2-3-13(21-11)4-5-15(20)19-16-18-10-14(22-16)12-6-8-17-9-7-12/h10-13,17H,2-9H2,1H3,(H,18,19,20). The molecule has 2 aliphatic heterocycles. The summed E-state index contributed by atoms with van der Waals surface area (Å²) in [6.45, 7) is 4.24. The van der Waals surface area contributed by atoms with Gasteiger partial charge >= 0.3 is 0 Å². The zero-order chi connectivity index (χ0) is 15.4. The Hall–Kier alpha value is -0.980. The molecule has 1 amide bonds. The first-order valence-corrected chi connectivity index (χ1v) is 9.14. The molecule has 0 aromatic carbocycles. The number of amides is 1. The quantitative estimate of drug-likeness (QED) is 0.874. The summed E-state index contributed by atoms with van der Waals surface area (Å²) >= 11 is 1.62. The minimum absolute atomic E-state index is 0.0503. The van der Waals surface area contributed by atoms with Crippen LogP contribution in [0.5, 0.6) is 0 Å². The van der Waals surface area contributed by atoms with E-state index in [-0.39, 0.29) is 12.0 Å². The van der Waals surface area contributed by atoms with Gasteiger partial charge in [0.1, 0.15) is 0 Å². The van der Waals surface area contributed by atoms with E-state index in [0.29, 0.717) is 18.4 Å². The molecule has 2 saturated heterocycles. The molecule has 2 N–H and O–H groups in total. The molecule has 22 heavy (non-hydrogen) atoms. The van der Waals surface area contributed by atoms with Crippen LogP contribution >= 0.6 is 11.3 Å². The molecule has 0 spiro atoms. The molecule has 0 bridgehead atoms. The van der Waals surface area contributed by atoms with Gasteiger partial charge in [0.15, 0.2) is 5.13 Å². The van der Waals surface area contributed by atoms with Gasteiger partial charge in [-0.15, -0.1) is 11.3 Å². The number of piperidine rings is 1. The molecular weight excluding hydrogens is 298 g/mol. The van der Waals surface area contributed by atoms with Crippen LogP contribution in [0.25, 0.3) is 0 Å². The zero-order valence-corrected chi connectivity index (χ0v) is 14.0. The highest BCUT2D eigenvalue weighted by atomic mass is 32.1. The summed E-state index contributed by atoms with van der Waals surface area (Å²) in [5.74, 6) is 0.646. The lowest BCUT2D eigenvalue weighted by atomic mass is 9.97. The van der Waals surface area contributed by atoms with E-state index in [0.717, 1.165) is 50.3 Å². The van der Waals surface area contributed by atoms with E-state index >= 15 is 0 Å². The maximum absolute atomic E-state index is 12.0. The summed E-state index contributed by atoms with van der Waals surface area (Å²) in [5, 5.41) is 7.04. The van der Waals surface area contributed by atoms with E-state index in [2.05, 4.69) is 22.5 Å². The van der Waals surface area contributed by atoms with Gasteiger partial charge in [-0.2, -0.15) is 0 Å². The third-order valence-corrected chi connectivity index (χ3v) is 5.60. The normalized spacial score (nSPS) is 26.2. The molecule has 2 aliphatic rings. The third-order valence-electron chi connectivity index (χ3n) is 4.52. The molecule has 2 unspecified atom stereocenters. The molecule has 0 aliphatic carbocycles. The van der Waals surface area contributed by atoms with Crippen molar-refractivity contribution in [3.63, 3.8) is 0 Å². The van der Waals surface area contributed by atoms with Gasteiger partial charge in [0.2, 0.25) is 5.91 Å². The van der Waals surface area contributed by atoms with Gasteiger partial charge in [0.05, 0.1) is 12.2 Å². The van der Waals surface area contributed by atoms with Crippen LogP contribution < -0.4 is 10.6 Å². The monoisotopic (exact) mass is 323 g/mol. The Balaban J connectivity index is 1.44. The largest absolute Gasteiger partial charge is 0.375 e. The summed E-state index contributed by atoms with van der Waals surface area (Å²) in [6, 6.07) is 0. The molecule has 5 nitrogen and oxygen atoms in total. The first-order valence-electron chi connectivity index (χ1n) is 8.32. The smallest absolute Gasteiger partial charge is 0.226 e. The van der Waals surface area contributed by atoms with E-state index in [9.17, 15) is 4.79 Å². The molecule has 3 heterocycles. The van der Waals surface area contributed by atoms with Crippen molar-refractivity contribution in [3.8, 4) is 0 Å². The van der Waals surface area contributed by atoms with Crippen LogP contribution in [0.4, 0.5) is 5.13 Å². The van der Waals surface area contributed by atoms with Crippen molar-refractivity contribution in [2.24, 2.45) is 0 Å². The highest BCUT2D eigenvalue weighted by Crippen LogP contribution is 2.31. The molecule has 122 valence electrons. The van der Waals surface area contributed by atoms with Gasteiger partial charge in [0, 0.05) is 17.5 Å². The van der Waals surface area contributed by atoms with E-state index in [1.165, 1.54) is 4.88 Å². The van der Waals surface area contributed by atoms with Gasteiger partial charge < -0.3 is 15.4 Å². The van der Waals surface area contributed by atoms with Crippen LogP contribution in [0.15, 0.2) is 6.20 Å². The topological polar surface area (TPSA) is 63.2 Å². The fourth-order valence-corrected chi connectivity index (χ4v) is 4.21. The Labute approximate surface area is 135 Å². The predicted octanol–water partition coefficient (Wildman–Crippen LogP) is 2.90. The number of rotatable bonds is 5. The van der Waals surface area contributed by atoms with Crippen LogP contribution in [0.1, 0.15) is 56.2 Å². The summed E-state index contributed by atoms with van der Waals surface area (Å²) in [6.07, 6.45) is 8.35. The first-order chi connectivity index (χ1) is 10.7. The van der Waals surface area contributed by atoms with Crippen LogP contribution in [0, 0.1) is 0 Å². The zero-order valence-electron chi connectivity index (χ0n) is 13.1. The maximum Gasteiger partial charge on any atom is 0.226 e. The van der Waals surface area contributed by atoms with Crippen molar-refractivity contribution in [1.82, 2.24) is 10.3 Å². The lowest BCUT2D eigenvalue weighted by Crippen LogP contribution is -2.26. The SMILES string of the molecule is CC1CCC(CCC(=O)Nc2ncc(C3CCNCC3)s2)O1. The van der Waals surface area contributed by atoms with Gasteiger partial charge in [-0.05, 0) is 58.0 Å². The van der Waals surface area contributed by atoms with Gasteiger partial charge in [-0.3, -0.25) is 4.79 Å². The van der Waals surface area contributed by atoms with Crippen molar-refractivity contribution in [2.75, 3.05) is 18.4 Å². The summed E-state index contributed by atoms with van der Waals surface area (Å²) < 4.78 is 5.75. The number of carbonyl (C=O) groups excluding carboxylic acids is 1. The Morgan fingerprint density at radius 1 is 1.41 bits per heavy atom. The highest BCUT2D eigenvalue weighted by molar-refractivity contribution is 7.15. The van der Waals surface area contributed by atoms with Crippen molar-refractivity contribution < 1.29 is 9.53 Å². The van der Waals surface area contributed by atoms with Crippen LogP contribution in [-0.4, -0.2) is 36.2 Å². The Morgan fingerprint density at radius 2 is 2.23 bits per heavy atom. The van der Waals surface area contributed by atoms with Gasteiger partial charge in [0.25, 0.3) is 0 Å². The van der Waals surface area contributed by atoms with E-state index in [1.807, 2.05) is 6.20 Å². The Kier molecular flexibility index (Phi) is 5.44. The number of nitrogens with zero attached hydrogens (tertiary/aromatic N) is 1. The number of ether oxygens (including phenoxy) is 1. The summed E-state index contributed by atoms with van der Waals surface area (Å²) in [7, 11) is 0. The third kappa shape index (κ3) is 4.27. The van der Waals surface area contributed by atoms with Crippen molar-refractivity contribution in [2.45, 2.75) is 63.6 Å². The minimum Gasteiger partial charge on any atom is -0.375 e. The van der Waals surface area contributed by atoms with Crippen molar-refractivity contribution in [3.05, 3.63) is 11.1 Å². The lowest BCUT2D eigenvalue weighted by Gasteiger charge is -2.20. The Morgan fingerprint density at radius 3 is 2.95 bits per heavy atom. The summed E-state index contributed by atoms with van der Waals surface area (Å²) in [5.41, 5.74) is 0. The van der Waals surface area contributed by atoms with Crippen LogP contribution in [0.3, 0.4) is 0 Å². The van der Waals surface area contributed by atoms with Crippen LogP contribution in [-0.2, 0) is 9.53 Å². The van der Waals surface area contributed by atoms with Gasteiger partial charge in [-0.1, -0.05) is 0 Å². The number of hydrogen-bond acceptors (Lipinski definition) is 5. The number of carbonyl (C=O) groups is 1. The average Bonchev–Trinajstić information content (AvgIpc) is 3.15. The number of thiazole rings is 1. The van der Waals surface area contributed by atoms with E-state index in [4.69, 9.17) is 4.74 Å². The molecule has 3 rings (SSSR count). The molecule has 0 radical (unpaired) electrons. The molecule has 1 aromatic heterocycles. The second kappa shape index (κ2) is 7.53. The molecule has 2 fully saturated rings. The predicted molar refractivity (Wildman–Crippen MR) is 88.4 cm³/mol. The molecule has 6 heteroatoms. The molecule has 1 aromatic rings. The molecular formula is C16H25N3O2S. The van der Waals surface area contributed by atoms with Gasteiger partial charge in [-0.25, -0.2) is 4.98 Å². The van der Waals surface area contributed by atoms with Crippen molar-refractivity contribution in [1.29, 1.82) is 0 Å². The van der Waals surface area contributed by atoms with E-state index < -0.39 is 0 Å². The fourth-order valence-electron chi connectivity index (χ4n) is 3.21. The lowest BCUT2D eigenvalue weighted by molar-refractivity contribution is -0.116. The fraction of sp³-hybridized carbons (Fsp3) is 0.750. The van der Waals surface area contributed by atoms with Crippen molar-refractivity contribution >= 4 is 22.4 Å². The maximum atomic E-state index is 12.0. The van der Waals surface area contributed by atoms with E-state index in [1.54, 1.807) is 11.3 Å². The second-order valence-corrected chi connectivity index (χ2v) is 7.39. The minimum atomic E-state index is 0.0503. The Bertz CT molecular complexity index is 499. The average molecular weight is 323 g/mol. The number of aromatic nitrogens is 1.